The number of nitrogens with one attached hydrogen (secondary N) is 2. The molecule has 0 spiro atoms. The van der Waals surface area contributed by atoms with Crippen molar-refractivity contribution in [3.05, 3.63) is 74.9 Å². The summed E-state index contributed by atoms with van der Waals surface area (Å²) in [6.45, 7) is -0.375. The minimum absolute atomic E-state index is 0.138. The van der Waals surface area contributed by atoms with Crippen LogP contribution in [0.4, 0.5) is 13.2 Å². The smallest absolute Gasteiger partial charge is 0.405 e. The van der Waals surface area contributed by atoms with E-state index in [0.29, 0.717) is 10.9 Å². The highest BCUT2D eigenvalue weighted by atomic mass is 19.4. The number of H-pyrrole nitrogens is 1. The molecule has 2 aromatic carbocycles. The number of carbonyl (C=O) groups is 1. The van der Waals surface area contributed by atoms with E-state index in [-0.39, 0.29) is 25.1 Å². The van der Waals surface area contributed by atoms with Gasteiger partial charge in [0.15, 0.2) is 0 Å². The van der Waals surface area contributed by atoms with Crippen LogP contribution in [0.5, 0.6) is 5.75 Å². The van der Waals surface area contributed by atoms with Gasteiger partial charge in [-0.3, -0.25) is 14.2 Å². The molecule has 0 aliphatic carbocycles. The number of nitrogens with zero attached hydrogens (tertiary/aromatic N) is 1. The highest BCUT2D eigenvalue weighted by Crippen LogP contribution is 2.26. The Labute approximate surface area is 161 Å². The maximum atomic E-state index is 12.4. The average molecular weight is 407 g/mol. The molecule has 0 saturated carbocycles. The third kappa shape index (κ3) is 5.03. The Balaban J connectivity index is 1.66. The number of rotatable bonds is 6. The van der Waals surface area contributed by atoms with E-state index in [1.54, 1.807) is 24.3 Å². The average Bonchev–Trinajstić information content (AvgIpc) is 2.66. The number of amides is 1. The van der Waals surface area contributed by atoms with Gasteiger partial charge in [0.2, 0.25) is 5.91 Å². The van der Waals surface area contributed by atoms with E-state index >= 15 is 0 Å². The summed E-state index contributed by atoms with van der Waals surface area (Å²) in [5.74, 6) is -0.950. The minimum atomic E-state index is -4.85. The Kier molecular flexibility index (Phi) is 5.71. The highest BCUT2D eigenvalue weighted by Gasteiger charge is 2.31. The monoisotopic (exact) mass is 407 g/mol. The number of aromatic amines is 1. The molecule has 0 radical (unpaired) electrons. The Morgan fingerprint density at radius 2 is 1.76 bits per heavy atom. The normalized spacial score (nSPS) is 11.4. The molecule has 1 amide bonds. The lowest BCUT2D eigenvalue weighted by Crippen LogP contribution is -2.36. The molecule has 10 heteroatoms. The van der Waals surface area contributed by atoms with Gasteiger partial charge in [-0.25, -0.2) is 4.79 Å². The predicted octanol–water partition coefficient (Wildman–Crippen LogP) is 2.29. The summed E-state index contributed by atoms with van der Waals surface area (Å²) in [6.07, 6.45) is -5.05. The van der Waals surface area contributed by atoms with Crippen molar-refractivity contribution in [2.24, 2.45) is 0 Å². The Morgan fingerprint density at radius 1 is 1.07 bits per heavy atom. The third-order valence-electron chi connectivity index (χ3n) is 4.13. The zero-order valence-electron chi connectivity index (χ0n) is 15.0. The molecule has 1 heterocycles. The van der Waals surface area contributed by atoms with Gasteiger partial charge in [-0.2, -0.15) is 0 Å². The molecule has 0 fully saturated rings. The second-order valence-electron chi connectivity index (χ2n) is 6.11. The molecule has 29 heavy (non-hydrogen) atoms. The van der Waals surface area contributed by atoms with Crippen LogP contribution in [0.2, 0.25) is 0 Å². The van der Waals surface area contributed by atoms with Crippen molar-refractivity contribution >= 4 is 16.8 Å². The van der Waals surface area contributed by atoms with Crippen molar-refractivity contribution in [1.82, 2.24) is 14.9 Å². The van der Waals surface area contributed by atoms with Crippen LogP contribution in [-0.2, 0) is 17.9 Å². The van der Waals surface area contributed by atoms with Gasteiger partial charge < -0.3 is 15.0 Å². The van der Waals surface area contributed by atoms with Crippen LogP contribution >= 0.6 is 0 Å². The standard InChI is InChI=1S/C19H16F3N3O4/c20-19(21,22)29-15-8-4-1-5-12(15)11-23-16(26)9-10-25-17(27)13-6-2-3-7-14(13)24-18(25)28/h1-8H,9-11H2,(H,23,26)(H,24,28). The lowest BCUT2D eigenvalue weighted by molar-refractivity contribution is -0.274. The predicted molar refractivity (Wildman–Crippen MR) is 98.4 cm³/mol. The van der Waals surface area contributed by atoms with Gasteiger partial charge in [-0.15, -0.1) is 13.2 Å². The molecular formula is C19H16F3N3O4. The van der Waals surface area contributed by atoms with Crippen LogP contribution in [0.3, 0.4) is 0 Å². The van der Waals surface area contributed by atoms with Gasteiger partial charge >= 0.3 is 12.1 Å². The Morgan fingerprint density at radius 3 is 2.52 bits per heavy atom. The molecule has 3 aromatic rings. The van der Waals surface area contributed by atoms with Gasteiger partial charge in [-0.1, -0.05) is 30.3 Å². The molecule has 152 valence electrons. The van der Waals surface area contributed by atoms with Gasteiger partial charge in [-0.05, 0) is 18.2 Å². The van der Waals surface area contributed by atoms with Crippen LogP contribution in [0.1, 0.15) is 12.0 Å². The Hall–Kier alpha value is -3.56. The molecule has 2 N–H and O–H groups in total. The number of para-hydroxylation sites is 2. The Bertz CT molecular complexity index is 1150. The first-order valence-corrected chi connectivity index (χ1v) is 8.57. The maximum absolute atomic E-state index is 12.4. The first-order valence-electron chi connectivity index (χ1n) is 8.57. The fourth-order valence-corrected chi connectivity index (χ4v) is 2.77. The lowest BCUT2D eigenvalue weighted by atomic mass is 10.2. The summed E-state index contributed by atoms with van der Waals surface area (Å²) in [7, 11) is 0. The van der Waals surface area contributed by atoms with Gasteiger partial charge in [0, 0.05) is 25.1 Å². The van der Waals surface area contributed by atoms with Crippen molar-refractivity contribution in [3.63, 3.8) is 0 Å². The molecule has 1 aromatic heterocycles. The summed E-state index contributed by atoms with van der Waals surface area (Å²) < 4.78 is 42.2. The molecule has 0 aliphatic rings. The van der Waals surface area contributed by atoms with Crippen molar-refractivity contribution in [2.45, 2.75) is 25.9 Å². The number of hydrogen-bond acceptors (Lipinski definition) is 4. The van der Waals surface area contributed by atoms with E-state index in [1.807, 2.05) is 0 Å². The van der Waals surface area contributed by atoms with Gasteiger partial charge in [0.25, 0.3) is 5.56 Å². The molecule has 3 rings (SSSR count). The highest BCUT2D eigenvalue weighted by molar-refractivity contribution is 5.77. The number of ether oxygens (including phenoxy) is 1. The van der Waals surface area contributed by atoms with E-state index < -0.39 is 29.3 Å². The number of benzene rings is 2. The molecule has 0 atom stereocenters. The van der Waals surface area contributed by atoms with Crippen LogP contribution in [0.15, 0.2) is 58.1 Å². The van der Waals surface area contributed by atoms with E-state index in [1.165, 1.54) is 18.2 Å². The SMILES string of the molecule is O=C(CCn1c(=O)[nH]c2ccccc2c1=O)NCc1ccccc1OC(F)(F)F. The number of halogens is 3. The molecule has 7 nitrogen and oxygen atoms in total. The first-order chi connectivity index (χ1) is 13.7. The van der Waals surface area contributed by atoms with Crippen molar-refractivity contribution < 1.29 is 22.7 Å². The summed E-state index contributed by atoms with van der Waals surface area (Å²) in [4.78, 5) is 39.1. The first kappa shape index (κ1) is 20.2. The van der Waals surface area contributed by atoms with Crippen LogP contribution in [-0.4, -0.2) is 21.8 Å². The molecule has 0 bridgehead atoms. The van der Waals surface area contributed by atoms with Crippen molar-refractivity contribution in [3.8, 4) is 5.75 Å². The topological polar surface area (TPSA) is 93.2 Å². The summed E-state index contributed by atoms with van der Waals surface area (Å²) >= 11 is 0. The van der Waals surface area contributed by atoms with Crippen molar-refractivity contribution in [1.29, 1.82) is 0 Å². The van der Waals surface area contributed by atoms with E-state index in [2.05, 4.69) is 15.0 Å². The number of hydrogen-bond donors (Lipinski definition) is 2. The van der Waals surface area contributed by atoms with E-state index in [9.17, 15) is 27.6 Å². The quantitative estimate of drug-likeness (QED) is 0.656. The van der Waals surface area contributed by atoms with Gasteiger partial charge in [0.1, 0.15) is 5.75 Å². The lowest BCUT2D eigenvalue weighted by Gasteiger charge is -2.13. The summed E-state index contributed by atoms with van der Waals surface area (Å²) in [5, 5.41) is 2.77. The fraction of sp³-hybridized carbons (Fsp3) is 0.211. The number of alkyl halides is 3. The van der Waals surface area contributed by atoms with Gasteiger partial charge in [0.05, 0.1) is 10.9 Å². The number of fused-ring (bicyclic) bond motifs is 1. The molecule has 0 unspecified atom stereocenters. The number of aromatic nitrogens is 2. The fourth-order valence-electron chi connectivity index (χ4n) is 2.77. The molecular weight excluding hydrogens is 391 g/mol. The minimum Gasteiger partial charge on any atom is -0.405 e. The second-order valence-corrected chi connectivity index (χ2v) is 6.11. The molecule has 0 aliphatic heterocycles. The van der Waals surface area contributed by atoms with Crippen molar-refractivity contribution in [2.75, 3.05) is 0 Å². The largest absolute Gasteiger partial charge is 0.573 e. The number of carbonyl (C=O) groups excluding carboxylic acids is 1. The van der Waals surface area contributed by atoms with E-state index in [0.717, 1.165) is 10.6 Å². The summed E-state index contributed by atoms with van der Waals surface area (Å²) in [6, 6.07) is 11.9. The van der Waals surface area contributed by atoms with Crippen LogP contribution in [0, 0.1) is 0 Å². The maximum Gasteiger partial charge on any atom is 0.573 e. The zero-order chi connectivity index (χ0) is 21.0. The third-order valence-corrected chi connectivity index (χ3v) is 4.13. The second kappa shape index (κ2) is 8.21. The van der Waals surface area contributed by atoms with Crippen LogP contribution in [0.25, 0.3) is 10.9 Å². The zero-order valence-corrected chi connectivity index (χ0v) is 15.0. The molecule has 0 saturated heterocycles. The van der Waals surface area contributed by atoms with Crippen LogP contribution < -0.4 is 21.3 Å². The van der Waals surface area contributed by atoms with E-state index in [4.69, 9.17) is 0 Å². The summed E-state index contributed by atoms with van der Waals surface area (Å²) in [5.41, 5.74) is -0.644.